The summed E-state index contributed by atoms with van der Waals surface area (Å²) in [4.78, 5) is 11.0. The van der Waals surface area contributed by atoms with E-state index in [-0.39, 0.29) is 16.3 Å². The number of hydrogen-bond acceptors (Lipinski definition) is 4. The summed E-state index contributed by atoms with van der Waals surface area (Å²) < 4.78 is 22.4. The van der Waals surface area contributed by atoms with Crippen molar-refractivity contribution in [3.63, 3.8) is 0 Å². The van der Waals surface area contributed by atoms with E-state index >= 15 is 0 Å². The number of aliphatic hydroxyl groups is 1. The molecule has 0 aromatic heterocycles. The maximum atomic E-state index is 13.3. The van der Waals surface area contributed by atoms with Gasteiger partial charge in [-0.15, -0.1) is 0 Å². The Bertz CT molecular complexity index is 408. The molecule has 0 fully saturated rings. The highest BCUT2D eigenvalue weighted by molar-refractivity contribution is 6.32. The number of rotatable bonds is 3. The van der Waals surface area contributed by atoms with E-state index in [1.54, 1.807) is 0 Å². The molecule has 1 unspecified atom stereocenters. The Labute approximate surface area is 96.5 Å². The maximum Gasteiger partial charge on any atom is 0.339 e. The van der Waals surface area contributed by atoms with Crippen LogP contribution in [0.25, 0.3) is 0 Å². The Kier molecular flexibility index (Phi) is 4.09. The highest BCUT2D eigenvalue weighted by atomic mass is 35.5. The summed E-state index contributed by atoms with van der Waals surface area (Å²) in [6, 6.07) is 2.22. The van der Waals surface area contributed by atoms with Crippen LogP contribution in [0, 0.1) is 5.82 Å². The van der Waals surface area contributed by atoms with E-state index < -0.39 is 17.9 Å². The molecular weight excluding hydrogens is 239 g/mol. The monoisotopic (exact) mass is 248 g/mol. The third-order valence-electron chi connectivity index (χ3n) is 1.98. The second-order valence-electron chi connectivity index (χ2n) is 2.94. The number of ether oxygens (including phenoxy) is 2. The summed E-state index contributed by atoms with van der Waals surface area (Å²) in [6.07, 6.45) is -1.56. The molecule has 1 aromatic carbocycles. The summed E-state index contributed by atoms with van der Waals surface area (Å²) in [5.41, 5.74) is 0.0191. The van der Waals surface area contributed by atoms with E-state index in [9.17, 15) is 14.3 Å². The molecule has 0 aliphatic carbocycles. The van der Waals surface area contributed by atoms with Crippen molar-refractivity contribution in [3.8, 4) is 5.75 Å². The molecule has 0 saturated heterocycles. The van der Waals surface area contributed by atoms with Crippen LogP contribution in [0.15, 0.2) is 12.1 Å². The number of esters is 1. The summed E-state index contributed by atoms with van der Waals surface area (Å²) in [7, 11) is 2.42. The lowest BCUT2D eigenvalue weighted by molar-refractivity contribution is -0.150. The first-order valence-electron chi connectivity index (χ1n) is 4.30. The van der Waals surface area contributed by atoms with Crippen molar-refractivity contribution in [2.45, 2.75) is 6.10 Å². The maximum absolute atomic E-state index is 13.3. The number of aliphatic hydroxyl groups excluding tert-OH is 1. The van der Waals surface area contributed by atoms with Crippen LogP contribution in [0.3, 0.4) is 0 Å². The molecule has 1 rings (SSSR count). The van der Waals surface area contributed by atoms with Gasteiger partial charge in [-0.2, -0.15) is 0 Å². The molecule has 6 heteroatoms. The molecule has 4 nitrogen and oxygen atoms in total. The molecule has 1 aromatic rings. The van der Waals surface area contributed by atoms with Crippen molar-refractivity contribution in [1.29, 1.82) is 0 Å². The van der Waals surface area contributed by atoms with Crippen LogP contribution >= 0.6 is 11.6 Å². The van der Waals surface area contributed by atoms with Crippen LogP contribution in [-0.2, 0) is 9.53 Å². The SMILES string of the molecule is COC(=O)C(O)c1cc(F)c(Cl)c(OC)c1. The third-order valence-corrected chi connectivity index (χ3v) is 2.34. The number of halogens is 2. The minimum Gasteiger partial charge on any atom is -0.495 e. The van der Waals surface area contributed by atoms with E-state index in [2.05, 4.69) is 4.74 Å². The van der Waals surface area contributed by atoms with Crippen molar-refractivity contribution < 1.29 is 23.8 Å². The average molecular weight is 249 g/mol. The lowest BCUT2D eigenvalue weighted by Crippen LogP contribution is -2.13. The molecule has 1 atom stereocenters. The van der Waals surface area contributed by atoms with E-state index in [1.807, 2.05) is 0 Å². The van der Waals surface area contributed by atoms with Gasteiger partial charge in [0.25, 0.3) is 0 Å². The van der Waals surface area contributed by atoms with Crippen LogP contribution in [0.2, 0.25) is 5.02 Å². The molecule has 0 bridgehead atoms. The van der Waals surface area contributed by atoms with Gasteiger partial charge in [0.05, 0.1) is 14.2 Å². The second kappa shape index (κ2) is 5.14. The van der Waals surface area contributed by atoms with Gasteiger partial charge in [0.2, 0.25) is 0 Å². The van der Waals surface area contributed by atoms with Crippen LogP contribution in [0.1, 0.15) is 11.7 Å². The van der Waals surface area contributed by atoms with Gasteiger partial charge in [-0.1, -0.05) is 11.6 Å². The van der Waals surface area contributed by atoms with Gasteiger partial charge in [0.15, 0.2) is 6.10 Å². The van der Waals surface area contributed by atoms with Crippen molar-refractivity contribution in [2.24, 2.45) is 0 Å². The highest BCUT2D eigenvalue weighted by Gasteiger charge is 2.21. The van der Waals surface area contributed by atoms with Gasteiger partial charge in [0, 0.05) is 0 Å². The Morgan fingerprint density at radius 2 is 2.12 bits per heavy atom. The molecular formula is C10H10ClFO4. The first-order chi connectivity index (χ1) is 7.51. The summed E-state index contributed by atoms with van der Waals surface area (Å²) in [6.45, 7) is 0. The number of hydrogen-bond donors (Lipinski definition) is 1. The van der Waals surface area contributed by atoms with Crippen LogP contribution < -0.4 is 4.74 Å². The molecule has 0 amide bonds. The van der Waals surface area contributed by atoms with Crippen molar-refractivity contribution in [3.05, 3.63) is 28.5 Å². The Morgan fingerprint density at radius 3 is 2.62 bits per heavy atom. The zero-order valence-corrected chi connectivity index (χ0v) is 9.42. The average Bonchev–Trinajstić information content (AvgIpc) is 2.30. The van der Waals surface area contributed by atoms with E-state index in [0.717, 1.165) is 13.2 Å². The van der Waals surface area contributed by atoms with Crippen LogP contribution in [-0.4, -0.2) is 25.3 Å². The number of benzene rings is 1. The predicted octanol–water partition coefficient (Wildman–Crippen LogP) is 1.69. The number of carbonyl (C=O) groups excluding carboxylic acids is 1. The number of carbonyl (C=O) groups is 1. The molecule has 88 valence electrons. The first kappa shape index (κ1) is 12.7. The molecule has 0 saturated carbocycles. The molecule has 0 aliphatic rings. The van der Waals surface area contributed by atoms with Gasteiger partial charge in [-0.3, -0.25) is 0 Å². The largest absolute Gasteiger partial charge is 0.495 e. The lowest BCUT2D eigenvalue weighted by atomic mass is 10.1. The minimum absolute atomic E-state index is 0.0191. The highest BCUT2D eigenvalue weighted by Crippen LogP contribution is 2.31. The van der Waals surface area contributed by atoms with Crippen molar-refractivity contribution in [2.75, 3.05) is 14.2 Å². The van der Waals surface area contributed by atoms with E-state index in [4.69, 9.17) is 16.3 Å². The quantitative estimate of drug-likeness (QED) is 0.827. The van der Waals surface area contributed by atoms with Gasteiger partial charge >= 0.3 is 5.97 Å². The smallest absolute Gasteiger partial charge is 0.339 e. The number of methoxy groups -OCH3 is 2. The molecule has 0 spiro atoms. The van der Waals surface area contributed by atoms with Gasteiger partial charge < -0.3 is 14.6 Å². The summed E-state index contributed by atoms with van der Waals surface area (Å²) in [5.74, 6) is -1.62. The summed E-state index contributed by atoms with van der Waals surface area (Å²) >= 11 is 5.59. The molecule has 0 aliphatic heterocycles. The normalized spacial score (nSPS) is 12.1. The second-order valence-corrected chi connectivity index (χ2v) is 3.32. The standard InChI is InChI=1S/C10H10ClFO4/c1-15-7-4-5(3-6(12)8(7)11)9(13)10(14)16-2/h3-4,9,13H,1-2H3. The Hall–Kier alpha value is -1.33. The first-order valence-corrected chi connectivity index (χ1v) is 4.68. The third kappa shape index (κ3) is 2.43. The predicted molar refractivity (Wildman–Crippen MR) is 54.9 cm³/mol. The topological polar surface area (TPSA) is 55.8 Å². The van der Waals surface area contributed by atoms with Crippen molar-refractivity contribution in [1.82, 2.24) is 0 Å². The van der Waals surface area contributed by atoms with Crippen LogP contribution in [0.5, 0.6) is 5.75 Å². The molecule has 0 radical (unpaired) electrons. The molecule has 16 heavy (non-hydrogen) atoms. The van der Waals surface area contributed by atoms with Crippen LogP contribution in [0.4, 0.5) is 4.39 Å². The Morgan fingerprint density at radius 1 is 1.50 bits per heavy atom. The van der Waals surface area contributed by atoms with E-state index in [0.29, 0.717) is 0 Å². The fraction of sp³-hybridized carbons (Fsp3) is 0.300. The fourth-order valence-corrected chi connectivity index (χ4v) is 1.32. The lowest BCUT2D eigenvalue weighted by Gasteiger charge is -2.11. The van der Waals surface area contributed by atoms with Crippen molar-refractivity contribution >= 4 is 17.6 Å². The molecule has 0 heterocycles. The van der Waals surface area contributed by atoms with Gasteiger partial charge in [0.1, 0.15) is 16.6 Å². The zero-order chi connectivity index (χ0) is 12.3. The minimum atomic E-state index is -1.56. The van der Waals surface area contributed by atoms with Gasteiger partial charge in [-0.25, -0.2) is 9.18 Å². The fourth-order valence-electron chi connectivity index (χ4n) is 1.14. The molecule has 1 N–H and O–H groups in total. The van der Waals surface area contributed by atoms with E-state index in [1.165, 1.54) is 13.2 Å². The zero-order valence-electron chi connectivity index (χ0n) is 8.66. The summed E-state index contributed by atoms with van der Waals surface area (Å²) in [5, 5.41) is 9.28. The van der Waals surface area contributed by atoms with Gasteiger partial charge in [-0.05, 0) is 17.7 Å². The Balaban J connectivity index is 3.16.